The van der Waals surface area contributed by atoms with E-state index in [0.717, 1.165) is 30.6 Å². The third kappa shape index (κ3) is 4.98. The lowest BCUT2D eigenvalue weighted by atomic mass is 9.89. The van der Waals surface area contributed by atoms with E-state index >= 15 is 0 Å². The summed E-state index contributed by atoms with van der Waals surface area (Å²) in [7, 11) is 0. The Morgan fingerprint density at radius 2 is 1.88 bits per heavy atom. The molecule has 0 spiro atoms. The highest BCUT2D eigenvalue weighted by atomic mass is 16.5. The van der Waals surface area contributed by atoms with Crippen LogP contribution >= 0.6 is 0 Å². The van der Waals surface area contributed by atoms with Crippen LogP contribution in [0.5, 0.6) is 5.75 Å². The van der Waals surface area contributed by atoms with Crippen LogP contribution in [0.2, 0.25) is 0 Å². The Balaban J connectivity index is 2.16. The molecule has 1 saturated heterocycles. The van der Waals surface area contributed by atoms with E-state index in [0.29, 0.717) is 18.9 Å². The summed E-state index contributed by atoms with van der Waals surface area (Å²) in [6.45, 7) is 8.91. The van der Waals surface area contributed by atoms with E-state index in [1.807, 2.05) is 38.1 Å². The van der Waals surface area contributed by atoms with E-state index in [4.69, 9.17) is 9.47 Å². The second kappa shape index (κ2) is 9.11. The number of carbonyl (C=O) groups is 2. The molecule has 0 aliphatic carbocycles. The van der Waals surface area contributed by atoms with Crippen LogP contribution in [0.25, 0.3) is 0 Å². The standard InChI is InChI=1S/C19H26N2O4/c1-4-6-12-25-18(22)16-13(3)20-19(23)21-17(16)14-7-9-15(10-8-14)24-11-5-2/h7-10,16-17H,3-6,11-12H2,1-2H3,(H2,20,21,23)/t16-,17+/m1/s1. The van der Waals surface area contributed by atoms with E-state index in [1.165, 1.54) is 0 Å². The molecule has 6 heteroatoms. The van der Waals surface area contributed by atoms with E-state index in [9.17, 15) is 9.59 Å². The van der Waals surface area contributed by atoms with Gasteiger partial charge in [0.25, 0.3) is 0 Å². The lowest BCUT2D eigenvalue weighted by molar-refractivity contribution is -0.148. The van der Waals surface area contributed by atoms with Gasteiger partial charge in [-0.2, -0.15) is 0 Å². The van der Waals surface area contributed by atoms with Crippen molar-refractivity contribution in [1.82, 2.24) is 10.6 Å². The molecule has 0 radical (unpaired) electrons. The van der Waals surface area contributed by atoms with Crippen LogP contribution in [-0.2, 0) is 9.53 Å². The molecule has 1 aliphatic rings. The largest absolute Gasteiger partial charge is 0.494 e. The first-order chi connectivity index (χ1) is 12.1. The van der Waals surface area contributed by atoms with Gasteiger partial charge in [0.1, 0.15) is 11.7 Å². The molecular formula is C19H26N2O4. The molecule has 2 amide bonds. The maximum atomic E-state index is 12.5. The number of nitrogens with one attached hydrogen (secondary N) is 2. The molecular weight excluding hydrogens is 320 g/mol. The summed E-state index contributed by atoms with van der Waals surface area (Å²) in [6, 6.07) is 6.47. The molecule has 2 atom stereocenters. The molecule has 136 valence electrons. The molecule has 1 heterocycles. The molecule has 2 N–H and O–H groups in total. The number of benzene rings is 1. The number of rotatable bonds is 8. The van der Waals surface area contributed by atoms with E-state index in [1.54, 1.807) is 0 Å². The lowest BCUT2D eigenvalue weighted by Crippen LogP contribution is -2.51. The van der Waals surface area contributed by atoms with Crippen molar-refractivity contribution < 1.29 is 19.1 Å². The van der Waals surface area contributed by atoms with Gasteiger partial charge in [-0.05, 0) is 30.5 Å². The fraction of sp³-hybridized carbons (Fsp3) is 0.474. The van der Waals surface area contributed by atoms with Crippen molar-refractivity contribution in [2.24, 2.45) is 5.92 Å². The summed E-state index contributed by atoms with van der Waals surface area (Å²) >= 11 is 0. The topological polar surface area (TPSA) is 76.7 Å². The third-order valence-corrected chi connectivity index (χ3v) is 3.98. The van der Waals surface area contributed by atoms with Gasteiger partial charge in [-0.1, -0.05) is 39.0 Å². The summed E-state index contributed by atoms with van der Waals surface area (Å²) in [4.78, 5) is 24.3. The zero-order valence-corrected chi connectivity index (χ0v) is 14.8. The van der Waals surface area contributed by atoms with Crippen LogP contribution in [-0.4, -0.2) is 25.2 Å². The van der Waals surface area contributed by atoms with Crippen LogP contribution in [0.4, 0.5) is 4.79 Å². The Labute approximate surface area is 148 Å². The van der Waals surface area contributed by atoms with Gasteiger partial charge in [-0.3, -0.25) is 4.79 Å². The van der Waals surface area contributed by atoms with Crippen LogP contribution in [0, 0.1) is 5.92 Å². The number of esters is 1. The SMILES string of the molecule is C=C1NC(=O)N[C@@H](c2ccc(OCCC)cc2)[C@@H]1C(=O)OCCCC. The molecule has 1 aromatic carbocycles. The van der Waals surface area contributed by atoms with Crippen molar-refractivity contribution in [2.45, 2.75) is 39.2 Å². The molecule has 0 bridgehead atoms. The van der Waals surface area contributed by atoms with Crippen molar-refractivity contribution in [3.63, 3.8) is 0 Å². The Morgan fingerprint density at radius 3 is 2.52 bits per heavy atom. The second-order valence-corrected chi connectivity index (χ2v) is 6.02. The van der Waals surface area contributed by atoms with E-state index in [-0.39, 0.29) is 12.0 Å². The number of carbonyl (C=O) groups excluding carboxylic acids is 2. The Kier molecular flexibility index (Phi) is 6.86. The molecule has 2 rings (SSSR count). The number of amides is 2. The third-order valence-electron chi connectivity index (χ3n) is 3.98. The highest BCUT2D eigenvalue weighted by Crippen LogP contribution is 2.31. The van der Waals surface area contributed by atoms with Gasteiger partial charge >= 0.3 is 12.0 Å². The Hall–Kier alpha value is -2.50. The van der Waals surface area contributed by atoms with E-state index in [2.05, 4.69) is 17.2 Å². The summed E-state index contributed by atoms with van der Waals surface area (Å²) in [5.74, 6) is -0.300. The maximum Gasteiger partial charge on any atom is 0.319 e. The fourth-order valence-corrected chi connectivity index (χ4v) is 2.64. The van der Waals surface area contributed by atoms with Crippen LogP contribution < -0.4 is 15.4 Å². The van der Waals surface area contributed by atoms with Crippen molar-refractivity contribution in [3.8, 4) is 5.75 Å². The molecule has 1 aliphatic heterocycles. The number of urea groups is 1. The maximum absolute atomic E-state index is 12.5. The predicted octanol–water partition coefficient (Wildman–Crippen LogP) is 3.30. The number of hydrogen-bond donors (Lipinski definition) is 2. The van der Waals surface area contributed by atoms with Crippen LogP contribution in [0.3, 0.4) is 0 Å². The van der Waals surface area contributed by atoms with Gasteiger partial charge in [0.2, 0.25) is 0 Å². The minimum absolute atomic E-state index is 0.349. The normalized spacial score (nSPS) is 19.8. The molecule has 1 aromatic rings. The van der Waals surface area contributed by atoms with Crippen molar-refractivity contribution >= 4 is 12.0 Å². The van der Waals surface area contributed by atoms with Gasteiger partial charge < -0.3 is 20.1 Å². The number of unbranched alkanes of at least 4 members (excludes halogenated alkanes) is 1. The number of hydrogen-bond acceptors (Lipinski definition) is 4. The van der Waals surface area contributed by atoms with Gasteiger partial charge in [-0.25, -0.2) is 4.79 Å². The van der Waals surface area contributed by atoms with Gasteiger partial charge in [0.15, 0.2) is 0 Å². The quantitative estimate of drug-likeness (QED) is 0.559. The predicted molar refractivity (Wildman–Crippen MR) is 95.1 cm³/mol. The summed E-state index contributed by atoms with van der Waals surface area (Å²) < 4.78 is 10.9. The smallest absolute Gasteiger partial charge is 0.319 e. The number of ether oxygens (including phenoxy) is 2. The zero-order valence-electron chi connectivity index (χ0n) is 14.8. The summed E-state index contributed by atoms with van der Waals surface area (Å²) in [5.41, 5.74) is 1.15. The molecule has 0 saturated carbocycles. The summed E-state index contributed by atoms with van der Waals surface area (Å²) in [6.07, 6.45) is 2.67. The average molecular weight is 346 g/mol. The van der Waals surface area contributed by atoms with Gasteiger partial charge in [0.05, 0.1) is 19.3 Å². The van der Waals surface area contributed by atoms with Crippen molar-refractivity contribution in [3.05, 3.63) is 42.1 Å². The Morgan fingerprint density at radius 1 is 1.16 bits per heavy atom. The monoisotopic (exact) mass is 346 g/mol. The first-order valence-electron chi connectivity index (χ1n) is 8.72. The molecule has 1 fully saturated rings. The highest BCUT2D eigenvalue weighted by molar-refractivity contribution is 5.85. The molecule has 25 heavy (non-hydrogen) atoms. The lowest BCUT2D eigenvalue weighted by Gasteiger charge is -2.33. The molecule has 0 aromatic heterocycles. The molecule has 6 nitrogen and oxygen atoms in total. The first-order valence-corrected chi connectivity index (χ1v) is 8.72. The first kappa shape index (κ1) is 18.8. The fourth-order valence-electron chi connectivity index (χ4n) is 2.64. The second-order valence-electron chi connectivity index (χ2n) is 6.02. The average Bonchev–Trinajstić information content (AvgIpc) is 2.59. The van der Waals surface area contributed by atoms with Crippen molar-refractivity contribution in [2.75, 3.05) is 13.2 Å². The zero-order chi connectivity index (χ0) is 18.2. The Bertz CT molecular complexity index is 612. The van der Waals surface area contributed by atoms with Gasteiger partial charge in [-0.15, -0.1) is 0 Å². The van der Waals surface area contributed by atoms with Gasteiger partial charge in [0, 0.05) is 5.70 Å². The minimum Gasteiger partial charge on any atom is -0.494 e. The molecule has 0 unspecified atom stereocenters. The summed E-state index contributed by atoms with van der Waals surface area (Å²) in [5, 5.41) is 5.36. The highest BCUT2D eigenvalue weighted by Gasteiger charge is 2.38. The van der Waals surface area contributed by atoms with E-state index < -0.39 is 12.0 Å². The van der Waals surface area contributed by atoms with Crippen LogP contribution in [0.15, 0.2) is 36.5 Å². The van der Waals surface area contributed by atoms with Crippen molar-refractivity contribution in [1.29, 1.82) is 0 Å². The van der Waals surface area contributed by atoms with Crippen LogP contribution in [0.1, 0.15) is 44.7 Å². The minimum atomic E-state index is -0.669.